The van der Waals surface area contributed by atoms with Crippen LogP contribution in [0.25, 0.3) is 11.5 Å². The number of hydrogen-bond donors (Lipinski definition) is 2. The second kappa shape index (κ2) is 8.36. The molecule has 0 spiro atoms. The lowest BCUT2D eigenvalue weighted by atomic mass is 10.1. The Morgan fingerprint density at radius 1 is 1.31 bits per heavy atom. The molecule has 6 heteroatoms. The number of guanidine groups is 1. The summed E-state index contributed by atoms with van der Waals surface area (Å²) < 4.78 is 5.60. The lowest BCUT2D eigenvalue weighted by molar-refractivity contribution is 0.247. The van der Waals surface area contributed by atoms with Crippen molar-refractivity contribution in [3.8, 4) is 11.5 Å². The lowest BCUT2D eigenvalue weighted by Gasteiger charge is -2.25. The molecule has 6 nitrogen and oxygen atoms in total. The van der Waals surface area contributed by atoms with Crippen LogP contribution in [0, 0.1) is 6.92 Å². The highest BCUT2D eigenvalue weighted by Gasteiger charge is 2.28. The standard InChI is InChI=1S/C20H29N5O/c1-14-5-7-16(8-6-14)19-24-17(13-26-19)12-23-20(21-3)22-11-15(2)25(4)18-9-10-18/h5-8,13,15,18H,9-12H2,1-4H3,(H2,21,22,23). The van der Waals surface area contributed by atoms with Gasteiger partial charge in [-0.25, -0.2) is 4.98 Å². The van der Waals surface area contributed by atoms with Crippen LogP contribution in [-0.2, 0) is 6.54 Å². The van der Waals surface area contributed by atoms with Crippen molar-refractivity contribution in [2.24, 2.45) is 4.99 Å². The van der Waals surface area contributed by atoms with E-state index in [1.165, 1.54) is 18.4 Å². The molecule has 1 heterocycles. The van der Waals surface area contributed by atoms with Crippen molar-refractivity contribution in [1.29, 1.82) is 0 Å². The van der Waals surface area contributed by atoms with Gasteiger partial charge in [0.05, 0.1) is 12.2 Å². The average Bonchev–Trinajstić information content (AvgIpc) is 3.40. The van der Waals surface area contributed by atoms with E-state index in [-0.39, 0.29) is 0 Å². The Kier molecular flexibility index (Phi) is 5.93. The van der Waals surface area contributed by atoms with E-state index in [2.05, 4.69) is 58.5 Å². The first-order valence-electron chi connectivity index (χ1n) is 9.24. The smallest absolute Gasteiger partial charge is 0.226 e. The molecule has 0 bridgehead atoms. The fourth-order valence-corrected chi connectivity index (χ4v) is 2.84. The summed E-state index contributed by atoms with van der Waals surface area (Å²) in [6.07, 6.45) is 4.34. The topological polar surface area (TPSA) is 65.7 Å². The number of likely N-dealkylation sites (N-methyl/N-ethyl adjacent to an activating group) is 1. The monoisotopic (exact) mass is 355 g/mol. The van der Waals surface area contributed by atoms with Gasteiger partial charge in [-0.15, -0.1) is 0 Å². The number of nitrogens with zero attached hydrogens (tertiary/aromatic N) is 3. The van der Waals surface area contributed by atoms with Gasteiger partial charge in [-0.2, -0.15) is 0 Å². The van der Waals surface area contributed by atoms with Gasteiger partial charge in [-0.3, -0.25) is 9.89 Å². The summed E-state index contributed by atoms with van der Waals surface area (Å²) in [7, 11) is 3.98. The highest BCUT2D eigenvalue weighted by atomic mass is 16.3. The largest absolute Gasteiger partial charge is 0.444 e. The molecule has 26 heavy (non-hydrogen) atoms. The Hall–Kier alpha value is -2.34. The molecule has 1 unspecified atom stereocenters. The summed E-state index contributed by atoms with van der Waals surface area (Å²) in [6.45, 7) is 5.74. The number of nitrogens with one attached hydrogen (secondary N) is 2. The maximum Gasteiger partial charge on any atom is 0.226 e. The Bertz CT molecular complexity index is 733. The van der Waals surface area contributed by atoms with Crippen molar-refractivity contribution in [3.63, 3.8) is 0 Å². The van der Waals surface area contributed by atoms with Crippen LogP contribution >= 0.6 is 0 Å². The van der Waals surface area contributed by atoms with Crippen LogP contribution in [0.15, 0.2) is 39.9 Å². The zero-order chi connectivity index (χ0) is 18.5. The first-order chi connectivity index (χ1) is 12.6. The molecule has 1 atom stereocenters. The molecule has 0 aliphatic heterocycles. The SMILES string of the molecule is CN=C(NCc1coc(-c2ccc(C)cc2)n1)NCC(C)N(C)C1CC1. The van der Waals surface area contributed by atoms with Crippen LogP contribution in [0.2, 0.25) is 0 Å². The van der Waals surface area contributed by atoms with E-state index in [9.17, 15) is 0 Å². The third-order valence-electron chi connectivity index (χ3n) is 4.89. The minimum Gasteiger partial charge on any atom is -0.444 e. The van der Waals surface area contributed by atoms with Crippen LogP contribution in [0.3, 0.4) is 0 Å². The van der Waals surface area contributed by atoms with Crippen molar-refractivity contribution in [2.75, 3.05) is 20.6 Å². The molecule has 3 rings (SSSR count). The highest BCUT2D eigenvalue weighted by molar-refractivity contribution is 5.79. The fraction of sp³-hybridized carbons (Fsp3) is 0.500. The van der Waals surface area contributed by atoms with Gasteiger partial charge in [0.1, 0.15) is 6.26 Å². The maximum absolute atomic E-state index is 5.60. The van der Waals surface area contributed by atoms with Crippen LogP contribution < -0.4 is 10.6 Å². The first-order valence-corrected chi connectivity index (χ1v) is 9.24. The van der Waals surface area contributed by atoms with Crippen LogP contribution in [0.5, 0.6) is 0 Å². The molecule has 2 N–H and O–H groups in total. The zero-order valence-corrected chi connectivity index (χ0v) is 16.1. The summed E-state index contributed by atoms with van der Waals surface area (Å²) in [5.74, 6) is 1.42. The van der Waals surface area contributed by atoms with E-state index < -0.39 is 0 Å². The Morgan fingerprint density at radius 3 is 2.69 bits per heavy atom. The van der Waals surface area contributed by atoms with Gasteiger partial charge in [0.25, 0.3) is 0 Å². The molecule has 1 aromatic heterocycles. The van der Waals surface area contributed by atoms with E-state index in [0.29, 0.717) is 18.5 Å². The highest BCUT2D eigenvalue weighted by Crippen LogP contribution is 2.26. The summed E-state index contributed by atoms with van der Waals surface area (Å²) in [4.78, 5) is 11.3. The summed E-state index contributed by atoms with van der Waals surface area (Å²) >= 11 is 0. The van der Waals surface area contributed by atoms with Crippen LogP contribution in [0.1, 0.15) is 31.0 Å². The van der Waals surface area contributed by atoms with Crippen LogP contribution in [-0.4, -0.2) is 48.6 Å². The van der Waals surface area contributed by atoms with E-state index in [0.717, 1.165) is 29.8 Å². The van der Waals surface area contributed by atoms with E-state index in [4.69, 9.17) is 4.42 Å². The van der Waals surface area contributed by atoms with Crippen molar-refractivity contribution in [3.05, 3.63) is 41.8 Å². The number of aromatic nitrogens is 1. The minimum atomic E-state index is 0.473. The summed E-state index contributed by atoms with van der Waals surface area (Å²) in [5.41, 5.74) is 3.06. The van der Waals surface area contributed by atoms with Crippen molar-refractivity contribution < 1.29 is 4.42 Å². The Morgan fingerprint density at radius 2 is 2.04 bits per heavy atom. The van der Waals surface area contributed by atoms with Gasteiger partial charge in [0.15, 0.2) is 5.96 Å². The molecule has 1 aliphatic carbocycles. The second-order valence-electron chi connectivity index (χ2n) is 7.06. The summed E-state index contributed by atoms with van der Waals surface area (Å²) in [6, 6.07) is 9.40. The van der Waals surface area contributed by atoms with Gasteiger partial charge < -0.3 is 15.1 Å². The molecule has 0 radical (unpaired) electrons. The van der Waals surface area contributed by atoms with Crippen molar-refractivity contribution >= 4 is 5.96 Å². The molecular weight excluding hydrogens is 326 g/mol. The maximum atomic E-state index is 5.60. The lowest BCUT2D eigenvalue weighted by Crippen LogP contribution is -2.45. The normalized spacial score (nSPS) is 16.0. The molecule has 2 aromatic rings. The number of benzene rings is 1. The predicted molar refractivity (Wildman–Crippen MR) is 105 cm³/mol. The van der Waals surface area contributed by atoms with Gasteiger partial charge in [0, 0.05) is 31.2 Å². The third kappa shape index (κ3) is 4.85. The van der Waals surface area contributed by atoms with Gasteiger partial charge in [-0.05, 0) is 45.9 Å². The fourth-order valence-electron chi connectivity index (χ4n) is 2.84. The van der Waals surface area contributed by atoms with E-state index in [1.807, 2.05) is 12.1 Å². The van der Waals surface area contributed by atoms with Gasteiger partial charge in [0.2, 0.25) is 5.89 Å². The predicted octanol–water partition coefficient (Wildman–Crippen LogP) is 2.80. The van der Waals surface area contributed by atoms with Crippen LogP contribution in [0.4, 0.5) is 0 Å². The molecule has 1 saturated carbocycles. The molecule has 140 valence electrons. The molecule has 0 amide bonds. The van der Waals surface area contributed by atoms with Gasteiger partial charge in [-0.1, -0.05) is 17.7 Å². The molecule has 0 saturated heterocycles. The number of rotatable bonds is 7. The van der Waals surface area contributed by atoms with Crippen molar-refractivity contribution in [1.82, 2.24) is 20.5 Å². The molecule has 1 aliphatic rings. The third-order valence-corrected chi connectivity index (χ3v) is 4.89. The average molecular weight is 355 g/mol. The zero-order valence-electron chi connectivity index (χ0n) is 16.1. The van der Waals surface area contributed by atoms with E-state index in [1.54, 1.807) is 13.3 Å². The molecule has 1 aromatic carbocycles. The first kappa shape index (κ1) is 18.5. The number of oxazole rings is 1. The van der Waals surface area contributed by atoms with Gasteiger partial charge >= 0.3 is 0 Å². The van der Waals surface area contributed by atoms with E-state index >= 15 is 0 Å². The number of aliphatic imine (C=N–C) groups is 1. The Labute approximate surface area is 155 Å². The summed E-state index contributed by atoms with van der Waals surface area (Å²) in [5, 5.41) is 6.68. The Balaban J connectivity index is 1.48. The quantitative estimate of drug-likeness (QED) is 0.591. The minimum absolute atomic E-state index is 0.473. The molecular formula is C20H29N5O. The number of aryl methyl sites for hydroxylation is 1. The number of hydrogen-bond acceptors (Lipinski definition) is 4. The second-order valence-corrected chi connectivity index (χ2v) is 7.06. The van der Waals surface area contributed by atoms with Crippen molar-refractivity contribution in [2.45, 2.75) is 45.3 Å². The molecule has 1 fully saturated rings.